The predicted molar refractivity (Wildman–Crippen MR) is 66.5 cm³/mol. The van der Waals surface area contributed by atoms with Crippen molar-refractivity contribution in [2.24, 2.45) is 10.7 Å². The zero-order valence-electron chi connectivity index (χ0n) is 10.2. The molecule has 0 aromatic rings. The first-order chi connectivity index (χ1) is 7.77. The van der Waals surface area contributed by atoms with Crippen LogP contribution < -0.4 is 5.73 Å². The first-order valence-corrected chi connectivity index (χ1v) is 6.16. The second-order valence-corrected chi connectivity index (χ2v) is 4.15. The van der Waals surface area contributed by atoms with Crippen LogP contribution in [0.4, 0.5) is 0 Å². The SMILES string of the molecule is CCCN=C(N)N1CCCN(CCO)CC1. The number of nitrogens with two attached hydrogens (primary N) is 1. The maximum Gasteiger partial charge on any atom is 0.191 e. The number of β-amino-alcohol motifs (C(OH)–C–C–N with tert-alkyl or cyclic N) is 1. The topological polar surface area (TPSA) is 65.1 Å². The van der Waals surface area contributed by atoms with E-state index in [0.717, 1.165) is 52.1 Å². The fourth-order valence-corrected chi connectivity index (χ4v) is 1.89. The van der Waals surface area contributed by atoms with Crippen molar-refractivity contribution in [1.82, 2.24) is 9.80 Å². The van der Waals surface area contributed by atoms with Crippen LogP contribution in [-0.2, 0) is 0 Å². The van der Waals surface area contributed by atoms with Gasteiger partial charge in [0.2, 0.25) is 0 Å². The highest BCUT2D eigenvalue weighted by Crippen LogP contribution is 2.02. The Balaban J connectivity index is 2.40. The van der Waals surface area contributed by atoms with Gasteiger partial charge in [0.05, 0.1) is 6.61 Å². The summed E-state index contributed by atoms with van der Waals surface area (Å²) in [5.74, 6) is 0.674. The van der Waals surface area contributed by atoms with E-state index in [1.165, 1.54) is 0 Å². The Kier molecular flexibility index (Phi) is 6.18. The predicted octanol–water partition coefficient (Wildman–Crippen LogP) is -0.289. The monoisotopic (exact) mass is 228 g/mol. The minimum absolute atomic E-state index is 0.236. The van der Waals surface area contributed by atoms with Gasteiger partial charge < -0.3 is 15.7 Å². The number of aliphatic imine (C=N–C) groups is 1. The van der Waals surface area contributed by atoms with E-state index in [0.29, 0.717) is 5.96 Å². The molecule has 94 valence electrons. The Bertz CT molecular complexity index is 220. The minimum Gasteiger partial charge on any atom is -0.395 e. The Hall–Kier alpha value is -0.810. The van der Waals surface area contributed by atoms with Gasteiger partial charge in [-0.3, -0.25) is 9.89 Å². The molecule has 3 N–H and O–H groups in total. The summed E-state index contributed by atoms with van der Waals surface area (Å²) in [4.78, 5) is 8.75. The lowest BCUT2D eigenvalue weighted by Gasteiger charge is -2.22. The van der Waals surface area contributed by atoms with Gasteiger partial charge in [0, 0.05) is 32.7 Å². The lowest BCUT2D eigenvalue weighted by Crippen LogP contribution is -2.40. The molecule has 0 aliphatic carbocycles. The molecule has 1 fully saturated rings. The third kappa shape index (κ3) is 4.37. The quantitative estimate of drug-likeness (QED) is 0.513. The Morgan fingerprint density at radius 3 is 2.81 bits per heavy atom. The van der Waals surface area contributed by atoms with Crippen LogP contribution in [0.2, 0.25) is 0 Å². The maximum atomic E-state index is 8.90. The molecule has 1 aliphatic rings. The summed E-state index contributed by atoms with van der Waals surface area (Å²) >= 11 is 0. The van der Waals surface area contributed by atoms with Crippen LogP contribution in [0.1, 0.15) is 19.8 Å². The van der Waals surface area contributed by atoms with E-state index in [1.807, 2.05) is 0 Å². The molecule has 1 saturated heterocycles. The molecule has 0 saturated carbocycles. The zero-order valence-corrected chi connectivity index (χ0v) is 10.2. The van der Waals surface area contributed by atoms with E-state index in [-0.39, 0.29) is 6.61 Å². The lowest BCUT2D eigenvalue weighted by atomic mass is 10.4. The van der Waals surface area contributed by atoms with Crippen LogP contribution in [0.5, 0.6) is 0 Å². The Morgan fingerprint density at radius 2 is 2.12 bits per heavy atom. The van der Waals surface area contributed by atoms with E-state index in [9.17, 15) is 0 Å². The van der Waals surface area contributed by atoms with Crippen LogP contribution in [0.15, 0.2) is 4.99 Å². The number of hydrogen-bond acceptors (Lipinski definition) is 3. The van der Waals surface area contributed by atoms with Gasteiger partial charge in [-0.05, 0) is 19.4 Å². The van der Waals surface area contributed by atoms with Crippen LogP contribution in [-0.4, -0.2) is 66.7 Å². The summed E-state index contributed by atoms with van der Waals surface area (Å²) < 4.78 is 0. The zero-order chi connectivity index (χ0) is 11.8. The minimum atomic E-state index is 0.236. The summed E-state index contributed by atoms with van der Waals surface area (Å²) in [7, 11) is 0. The highest BCUT2D eigenvalue weighted by molar-refractivity contribution is 5.78. The third-order valence-electron chi connectivity index (χ3n) is 2.83. The molecule has 0 bridgehead atoms. The number of rotatable bonds is 4. The number of guanidine groups is 1. The number of hydrogen-bond donors (Lipinski definition) is 2. The summed E-state index contributed by atoms with van der Waals surface area (Å²) in [6.07, 6.45) is 2.12. The second-order valence-electron chi connectivity index (χ2n) is 4.15. The summed E-state index contributed by atoms with van der Waals surface area (Å²) in [5, 5.41) is 8.90. The van der Waals surface area contributed by atoms with Gasteiger partial charge in [-0.1, -0.05) is 6.92 Å². The van der Waals surface area contributed by atoms with Crippen molar-refractivity contribution < 1.29 is 5.11 Å². The van der Waals surface area contributed by atoms with Crippen molar-refractivity contribution in [3.05, 3.63) is 0 Å². The molecule has 0 amide bonds. The van der Waals surface area contributed by atoms with Crippen molar-refractivity contribution in [2.75, 3.05) is 45.9 Å². The van der Waals surface area contributed by atoms with Crippen molar-refractivity contribution in [2.45, 2.75) is 19.8 Å². The van der Waals surface area contributed by atoms with Crippen molar-refractivity contribution in [1.29, 1.82) is 0 Å². The fraction of sp³-hybridized carbons (Fsp3) is 0.909. The van der Waals surface area contributed by atoms with Gasteiger partial charge in [0.1, 0.15) is 0 Å². The highest BCUT2D eigenvalue weighted by Gasteiger charge is 2.15. The molecule has 0 atom stereocenters. The fourth-order valence-electron chi connectivity index (χ4n) is 1.89. The Morgan fingerprint density at radius 1 is 1.31 bits per heavy atom. The molecule has 0 radical (unpaired) electrons. The molecule has 16 heavy (non-hydrogen) atoms. The van der Waals surface area contributed by atoms with Crippen LogP contribution >= 0.6 is 0 Å². The molecule has 1 heterocycles. The molecule has 0 aromatic carbocycles. The molecule has 1 aliphatic heterocycles. The first kappa shape index (κ1) is 13.3. The van der Waals surface area contributed by atoms with E-state index < -0.39 is 0 Å². The summed E-state index contributed by atoms with van der Waals surface area (Å²) in [6.45, 7) is 7.80. The maximum absolute atomic E-state index is 8.90. The van der Waals surface area contributed by atoms with Gasteiger partial charge in [0.15, 0.2) is 5.96 Å². The molecule has 0 aromatic heterocycles. The van der Waals surface area contributed by atoms with Crippen LogP contribution in [0.3, 0.4) is 0 Å². The third-order valence-corrected chi connectivity index (χ3v) is 2.83. The molecule has 1 rings (SSSR count). The average Bonchev–Trinajstić information content (AvgIpc) is 2.52. The molecule has 5 nitrogen and oxygen atoms in total. The molecule has 0 unspecified atom stereocenters. The van der Waals surface area contributed by atoms with E-state index in [2.05, 4.69) is 21.7 Å². The lowest BCUT2D eigenvalue weighted by molar-refractivity contribution is 0.201. The molecule has 0 spiro atoms. The molecule has 5 heteroatoms. The normalized spacial score (nSPS) is 19.9. The highest BCUT2D eigenvalue weighted by atomic mass is 16.3. The van der Waals surface area contributed by atoms with Crippen LogP contribution in [0.25, 0.3) is 0 Å². The van der Waals surface area contributed by atoms with Crippen LogP contribution in [0, 0.1) is 0 Å². The number of aliphatic hydroxyl groups is 1. The molecular weight excluding hydrogens is 204 g/mol. The largest absolute Gasteiger partial charge is 0.395 e. The second kappa shape index (κ2) is 7.46. The van der Waals surface area contributed by atoms with Gasteiger partial charge in [-0.15, -0.1) is 0 Å². The van der Waals surface area contributed by atoms with Gasteiger partial charge >= 0.3 is 0 Å². The standard InChI is InChI=1S/C11H24N4O/c1-2-4-13-11(12)15-6-3-5-14(7-8-15)9-10-16/h16H,2-10H2,1H3,(H2,12,13). The summed E-state index contributed by atoms with van der Waals surface area (Å²) in [5.41, 5.74) is 5.93. The van der Waals surface area contributed by atoms with Gasteiger partial charge in [0.25, 0.3) is 0 Å². The van der Waals surface area contributed by atoms with Crippen molar-refractivity contribution in [3.63, 3.8) is 0 Å². The molecular formula is C11H24N4O. The van der Waals surface area contributed by atoms with E-state index >= 15 is 0 Å². The average molecular weight is 228 g/mol. The van der Waals surface area contributed by atoms with E-state index in [1.54, 1.807) is 0 Å². The number of aliphatic hydroxyl groups excluding tert-OH is 1. The van der Waals surface area contributed by atoms with Gasteiger partial charge in [-0.2, -0.15) is 0 Å². The van der Waals surface area contributed by atoms with Gasteiger partial charge in [-0.25, -0.2) is 0 Å². The summed E-state index contributed by atoms with van der Waals surface area (Å²) in [6, 6.07) is 0. The van der Waals surface area contributed by atoms with Crippen molar-refractivity contribution >= 4 is 5.96 Å². The number of nitrogens with zero attached hydrogens (tertiary/aromatic N) is 3. The first-order valence-electron chi connectivity index (χ1n) is 6.16. The Labute approximate surface area is 97.9 Å². The van der Waals surface area contributed by atoms with E-state index in [4.69, 9.17) is 10.8 Å². The van der Waals surface area contributed by atoms with Crippen molar-refractivity contribution in [3.8, 4) is 0 Å². The smallest absolute Gasteiger partial charge is 0.191 e.